The van der Waals surface area contributed by atoms with E-state index in [9.17, 15) is 0 Å². The van der Waals surface area contributed by atoms with Crippen LogP contribution in [0.15, 0.2) is 24.3 Å². The Morgan fingerprint density at radius 1 is 1.18 bits per heavy atom. The topological polar surface area (TPSA) is 35.2 Å². The van der Waals surface area contributed by atoms with Gasteiger partial charge in [-0.3, -0.25) is 0 Å². The lowest BCUT2D eigenvalue weighted by Crippen LogP contribution is -2.37. The molecule has 94 valence electrons. The molecule has 0 spiro atoms. The normalized spacial score (nSPS) is 18.9. The van der Waals surface area contributed by atoms with Gasteiger partial charge in [-0.25, -0.2) is 0 Å². The fourth-order valence-electron chi connectivity index (χ4n) is 3.00. The van der Waals surface area contributed by atoms with E-state index in [4.69, 9.17) is 10.5 Å². The molecule has 0 heterocycles. The molecule has 1 aromatic rings. The van der Waals surface area contributed by atoms with Gasteiger partial charge in [-0.2, -0.15) is 0 Å². The summed E-state index contributed by atoms with van der Waals surface area (Å²) in [5, 5.41) is 0. The van der Waals surface area contributed by atoms with Gasteiger partial charge in [0.2, 0.25) is 0 Å². The Morgan fingerprint density at radius 2 is 1.88 bits per heavy atom. The first kappa shape index (κ1) is 12.4. The highest BCUT2D eigenvalue weighted by Gasteiger charge is 2.34. The Labute approximate surface area is 104 Å². The van der Waals surface area contributed by atoms with Crippen molar-refractivity contribution >= 4 is 0 Å². The largest absolute Gasteiger partial charge is 0.494 e. The maximum Gasteiger partial charge on any atom is 0.123 e. The monoisotopic (exact) mass is 233 g/mol. The van der Waals surface area contributed by atoms with Crippen molar-refractivity contribution in [1.82, 2.24) is 0 Å². The van der Waals surface area contributed by atoms with E-state index in [2.05, 4.69) is 18.2 Å². The van der Waals surface area contributed by atoms with Gasteiger partial charge in [-0.05, 0) is 25.8 Å². The lowest BCUT2D eigenvalue weighted by atomic mass is 9.69. The van der Waals surface area contributed by atoms with Crippen LogP contribution in [0.3, 0.4) is 0 Å². The van der Waals surface area contributed by atoms with Crippen molar-refractivity contribution in [2.24, 2.45) is 5.73 Å². The predicted molar refractivity (Wildman–Crippen MR) is 71.4 cm³/mol. The first-order valence-corrected chi connectivity index (χ1v) is 6.75. The molecule has 2 N–H and O–H groups in total. The van der Waals surface area contributed by atoms with E-state index in [0.29, 0.717) is 0 Å². The summed E-state index contributed by atoms with van der Waals surface area (Å²) in [6.07, 6.45) is 6.33. The van der Waals surface area contributed by atoms with Crippen molar-refractivity contribution in [3.8, 4) is 5.75 Å². The summed E-state index contributed by atoms with van der Waals surface area (Å²) < 4.78 is 5.76. The molecule has 0 aliphatic heterocycles. The van der Waals surface area contributed by atoms with Gasteiger partial charge in [-0.1, -0.05) is 37.5 Å². The second kappa shape index (κ2) is 5.54. The van der Waals surface area contributed by atoms with Gasteiger partial charge in [-0.15, -0.1) is 0 Å². The smallest absolute Gasteiger partial charge is 0.123 e. The molecule has 1 aliphatic carbocycles. The Hall–Kier alpha value is -1.02. The van der Waals surface area contributed by atoms with Crippen LogP contribution in [0.4, 0.5) is 0 Å². The van der Waals surface area contributed by atoms with E-state index in [-0.39, 0.29) is 5.41 Å². The maximum absolute atomic E-state index is 6.08. The number of ether oxygens (including phenoxy) is 1. The van der Waals surface area contributed by atoms with Crippen LogP contribution in [0.2, 0.25) is 0 Å². The van der Waals surface area contributed by atoms with Crippen LogP contribution in [0.5, 0.6) is 5.75 Å². The second-order valence-corrected chi connectivity index (χ2v) is 4.97. The van der Waals surface area contributed by atoms with Crippen molar-refractivity contribution in [2.45, 2.75) is 44.4 Å². The van der Waals surface area contributed by atoms with Gasteiger partial charge in [0.1, 0.15) is 5.75 Å². The molecule has 1 fully saturated rings. The van der Waals surface area contributed by atoms with Crippen LogP contribution in [0.1, 0.15) is 44.6 Å². The zero-order valence-electron chi connectivity index (χ0n) is 10.7. The van der Waals surface area contributed by atoms with Gasteiger partial charge in [0.15, 0.2) is 0 Å². The van der Waals surface area contributed by atoms with Crippen LogP contribution < -0.4 is 10.5 Å². The minimum absolute atomic E-state index is 0.157. The third-order valence-corrected chi connectivity index (χ3v) is 3.96. The van der Waals surface area contributed by atoms with Gasteiger partial charge in [0, 0.05) is 17.5 Å². The van der Waals surface area contributed by atoms with E-state index >= 15 is 0 Å². The second-order valence-electron chi connectivity index (χ2n) is 4.97. The number of hydrogen-bond acceptors (Lipinski definition) is 2. The van der Waals surface area contributed by atoms with Crippen LogP contribution in [0, 0.1) is 0 Å². The molecule has 2 nitrogen and oxygen atoms in total. The Balaban J connectivity index is 2.35. The highest BCUT2D eigenvalue weighted by atomic mass is 16.5. The highest BCUT2D eigenvalue weighted by molar-refractivity contribution is 5.40. The van der Waals surface area contributed by atoms with Crippen LogP contribution in [-0.2, 0) is 5.41 Å². The molecule has 0 amide bonds. The molecule has 0 aromatic heterocycles. The van der Waals surface area contributed by atoms with Crippen molar-refractivity contribution < 1.29 is 4.74 Å². The molecule has 1 aromatic carbocycles. The third-order valence-electron chi connectivity index (χ3n) is 3.96. The van der Waals surface area contributed by atoms with Crippen molar-refractivity contribution in [1.29, 1.82) is 0 Å². The summed E-state index contributed by atoms with van der Waals surface area (Å²) in [6, 6.07) is 8.42. The summed E-state index contributed by atoms with van der Waals surface area (Å²) in [6.45, 7) is 3.49. The molecule has 2 heteroatoms. The van der Waals surface area contributed by atoms with Gasteiger partial charge in [0.05, 0.1) is 6.61 Å². The zero-order valence-corrected chi connectivity index (χ0v) is 10.7. The maximum atomic E-state index is 6.08. The van der Waals surface area contributed by atoms with E-state index in [1.807, 2.05) is 13.0 Å². The molecular weight excluding hydrogens is 210 g/mol. The minimum atomic E-state index is 0.157. The Morgan fingerprint density at radius 3 is 2.53 bits per heavy atom. The number of para-hydroxylation sites is 1. The first-order chi connectivity index (χ1) is 8.32. The van der Waals surface area contributed by atoms with Gasteiger partial charge in [0.25, 0.3) is 0 Å². The summed E-state index contributed by atoms with van der Waals surface area (Å²) in [5.74, 6) is 1.03. The summed E-state index contributed by atoms with van der Waals surface area (Å²) in [7, 11) is 0. The van der Waals surface area contributed by atoms with Crippen LogP contribution in [-0.4, -0.2) is 13.2 Å². The zero-order chi connectivity index (χ0) is 12.1. The van der Waals surface area contributed by atoms with Crippen molar-refractivity contribution in [3.63, 3.8) is 0 Å². The molecule has 0 unspecified atom stereocenters. The van der Waals surface area contributed by atoms with Crippen molar-refractivity contribution in [2.75, 3.05) is 13.2 Å². The molecule has 17 heavy (non-hydrogen) atoms. The van der Waals surface area contributed by atoms with Crippen LogP contribution in [0.25, 0.3) is 0 Å². The minimum Gasteiger partial charge on any atom is -0.494 e. The Bertz CT molecular complexity index is 356. The number of rotatable bonds is 4. The number of nitrogens with two attached hydrogens (primary N) is 1. The average molecular weight is 233 g/mol. The quantitative estimate of drug-likeness (QED) is 0.866. The SMILES string of the molecule is CCOc1ccccc1C1(CN)CCCCC1. The lowest BCUT2D eigenvalue weighted by molar-refractivity contribution is 0.276. The van der Waals surface area contributed by atoms with E-state index in [1.54, 1.807) is 0 Å². The van der Waals surface area contributed by atoms with Gasteiger partial charge >= 0.3 is 0 Å². The third kappa shape index (κ3) is 2.47. The Kier molecular flexibility index (Phi) is 4.06. The molecule has 0 bridgehead atoms. The summed E-state index contributed by atoms with van der Waals surface area (Å²) in [5.41, 5.74) is 7.56. The first-order valence-electron chi connectivity index (χ1n) is 6.75. The van der Waals surface area contributed by atoms with E-state index in [1.165, 1.54) is 37.7 Å². The highest BCUT2D eigenvalue weighted by Crippen LogP contribution is 2.42. The molecule has 1 aliphatic rings. The summed E-state index contributed by atoms with van der Waals surface area (Å²) >= 11 is 0. The molecule has 0 saturated heterocycles. The standard InChI is InChI=1S/C15H23NO/c1-2-17-14-9-5-4-8-13(14)15(12-16)10-6-3-7-11-15/h4-5,8-9H,2-3,6-7,10-12,16H2,1H3. The van der Waals surface area contributed by atoms with E-state index < -0.39 is 0 Å². The fraction of sp³-hybridized carbons (Fsp3) is 0.600. The summed E-state index contributed by atoms with van der Waals surface area (Å²) in [4.78, 5) is 0. The molecule has 1 saturated carbocycles. The number of hydrogen-bond donors (Lipinski definition) is 1. The average Bonchev–Trinajstić information content (AvgIpc) is 2.40. The molecular formula is C15H23NO. The molecule has 0 atom stereocenters. The fourth-order valence-corrected chi connectivity index (χ4v) is 3.00. The predicted octanol–water partition coefficient (Wildman–Crippen LogP) is 3.25. The van der Waals surface area contributed by atoms with Gasteiger partial charge < -0.3 is 10.5 Å². The molecule has 2 rings (SSSR count). The number of benzene rings is 1. The molecule has 0 radical (unpaired) electrons. The van der Waals surface area contributed by atoms with Crippen LogP contribution >= 0.6 is 0 Å². The lowest BCUT2D eigenvalue weighted by Gasteiger charge is -2.37. The van der Waals surface area contributed by atoms with E-state index in [0.717, 1.165) is 18.9 Å². The van der Waals surface area contributed by atoms with Crippen molar-refractivity contribution in [3.05, 3.63) is 29.8 Å².